The van der Waals surface area contributed by atoms with Crippen LogP contribution in [0.4, 0.5) is 13.2 Å². The number of halogens is 3. The molecule has 2 fully saturated rings. The van der Waals surface area contributed by atoms with Crippen molar-refractivity contribution in [3.8, 4) is 0 Å². The molecule has 1 aromatic rings. The molecule has 2 heterocycles. The monoisotopic (exact) mass is 440 g/mol. The average molecular weight is 440 g/mol. The maximum atomic E-state index is 12.6. The lowest BCUT2D eigenvalue weighted by Crippen LogP contribution is -2.52. The third-order valence-corrected chi connectivity index (χ3v) is 8.30. The first-order valence-electron chi connectivity index (χ1n) is 8.56. The van der Waals surface area contributed by atoms with Crippen molar-refractivity contribution in [3.63, 3.8) is 0 Å². The Bertz CT molecular complexity index is 951. The van der Waals surface area contributed by atoms with Crippen molar-refractivity contribution in [1.82, 2.24) is 9.80 Å². The van der Waals surface area contributed by atoms with Crippen LogP contribution in [0.15, 0.2) is 29.2 Å². The van der Waals surface area contributed by atoms with Crippen LogP contribution in [-0.4, -0.2) is 81.8 Å². The van der Waals surface area contributed by atoms with Gasteiger partial charge in [-0.15, -0.1) is 0 Å². The summed E-state index contributed by atoms with van der Waals surface area (Å²) in [7, 11) is -8.45. The highest BCUT2D eigenvalue weighted by molar-refractivity contribution is 7.92. The molecule has 12 heteroatoms. The number of hydrogen-bond acceptors (Lipinski definition) is 6. The molecular weight excluding hydrogens is 421 g/mol. The van der Waals surface area contributed by atoms with Crippen LogP contribution in [0.3, 0.4) is 0 Å². The van der Waals surface area contributed by atoms with E-state index in [1.165, 1.54) is 4.90 Å². The fraction of sp³-hybridized carbons (Fsp3) is 0.562. The molecule has 1 unspecified atom stereocenters. The Kier molecular flexibility index (Phi) is 5.49. The van der Waals surface area contributed by atoms with Crippen molar-refractivity contribution in [1.29, 1.82) is 0 Å². The van der Waals surface area contributed by atoms with E-state index in [2.05, 4.69) is 0 Å². The molecule has 0 aliphatic carbocycles. The maximum absolute atomic E-state index is 12.6. The van der Waals surface area contributed by atoms with Gasteiger partial charge in [0.2, 0.25) is 0 Å². The van der Waals surface area contributed by atoms with Gasteiger partial charge in [-0.2, -0.15) is 13.2 Å². The van der Waals surface area contributed by atoms with Crippen LogP contribution in [0.5, 0.6) is 0 Å². The minimum Gasteiger partial charge on any atom is -0.336 e. The number of carbonyl (C=O) groups excluding carboxylic acids is 1. The van der Waals surface area contributed by atoms with Crippen LogP contribution in [0.2, 0.25) is 0 Å². The second-order valence-corrected chi connectivity index (χ2v) is 11.0. The molecule has 0 saturated carbocycles. The van der Waals surface area contributed by atoms with Gasteiger partial charge >= 0.3 is 5.51 Å². The van der Waals surface area contributed by atoms with Crippen molar-refractivity contribution in [2.24, 2.45) is 0 Å². The van der Waals surface area contributed by atoms with Crippen molar-refractivity contribution >= 4 is 25.6 Å². The summed E-state index contributed by atoms with van der Waals surface area (Å²) < 4.78 is 83.7. The summed E-state index contributed by atoms with van der Waals surface area (Å²) in [6, 6.07) is 3.63. The summed E-state index contributed by atoms with van der Waals surface area (Å²) in [6.07, 6.45) is 0.575. The quantitative estimate of drug-likeness (QED) is 0.694. The van der Waals surface area contributed by atoms with Crippen molar-refractivity contribution < 1.29 is 34.8 Å². The zero-order valence-corrected chi connectivity index (χ0v) is 16.4. The van der Waals surface area contributed by atoms with Gasteiger partial charge < -0.3 is 4.90 Å². The van der Waals surface area contributed by atoms with Gasteiger partial charge in [0.25, 0.3) is 15.7 Å². The number of carbonyl (C=O) groups is 1. The molecule has 1 aromatic carbocycles. The van der Waals surface area contributed by atoms with Crippen LogP contribution in [0, 0.1) is 0 Å². The Hall–Kier alpha value is -1.66. The van der Waals surface area contributed by atoms with E-state index in [1.54, 1.807) is 0 Å². The summed E-state index contributed by atoms with van der Waals surface area (Å²) in [5, 5.41) is 0. The normalized spacial score (nSPS) is 23.7. The third-order valence-electron chi connectivity index (χ3n) is 5.04. The average Bonchev–Trinajstić information content (AvgIpc) is 3.00. The van der Waals surface area contributed by atoms with Crippen LogP contribution in [0.25, 0.3) is 0 Å². The molecule has 156 valence electrons. The number of nitrogens with zero attached hydrogens (tertiary/aromatic N) is 2. The largest absolute Gasteiger partial charge is 0.501 e. The predicted octanol–water partition coefficient (Wildman–Crippen LogP) is 0.925. The Morgan fingerprint density at radius 3 is 2.07 bits per heavy atom. The van der Waals surface area contributed by atoms with E-state index in [9.17, 15) is 34.8 Å². The molecule has 1 atom stereocenters. The standard InChI is InChI=1S/C16H19F3N2O5S2/c17-16(18,19)28(25,26)14-3-1-12(2-4-14)15(22)21-8-6-20(7-9-21)13-5-10-27(23,24)11-13/h1-4,13H,5-11H2. The molecule has 0 radical (unpaired) electrons. The Morgan fingerprint density at radius 1 is 1.04 bits per heavy atom. The first-order chi connectivity index (χ1) is 12.9. The van der Waals surface area contributed by atoms with E-state index in [0.29, 0.717) is 32.6 Å². The van der Waals surface area contributed by atoms with Crippen molar-refractivity contribution in [3.05, 3.63) is 29.8 Å². The van der Waals surface area contributed by atoms with Crippen LogP contribution < -0.4 is 0 Å². The van der Waals surface area contributed by atoms with E-state index in [-0.39, 0.29) is 23.1 Å². The first-order valence-corrected chi connectivity index (χ1v) is 11.9. The molecule has 0 spiro atoms. The predicted molar refractivity (Wildman–Crippen MR) is 94.2 cm³/mol. The Balaban J connectivity index is 1.63. The van der Waals surface area contributed by atoms with Gasteiger partial charge in [-0.3, -0.25) is 9.69 Å². The number of benzene rings is 1. The highest BCUT2D eigenvalue weighted by Gasteiger charge is 2.46. The smallest absolute Gasteiger partial charge is 0.336 e. The topological polar surface area (TPSA) is 91.8 Å². The summed E-state index contributed by atoms with van der Waals surface area (Å²) in [5.74, 6) is -0.116. The molecular formula is C16H19F3N2O5S2. The molecule has 28 heavy (non-hydrogen) atoms. The van der Waals surface area contributed by atoms with Gasteiger partial charge in [-0.05, 0) is 30.7 Å². The Labute approximate surface area is 160 Å². The number of sulfone groups is 2. The highest BCUT2D eigenvalue weighted by Crippen LogP contribution is 2.30. The summed E-state index contributed by atoms with van der Waals surface area (Å²) in [4.78, 5) is 15.2. The first kappa shape index (κ1) is 21.1. The van der Waals surface area contributed by atoms with Crippen LogP contribution >= 0.6 is 0 Å². The Morgan fingerprint density at radius 2 is 1.61 bits per heavy atom. The number of rotatable bonds is 3. The van der Waals surface area contributed by atoms with Crippen molar-refractivity contribution in [2.45, 2.75) is 22.9 Å². The molecule has 0 bridgehead atoms. The lowest BCUT2D eigenvalue weighted by Gasteiger charge is -2.37. The van der Waals surface area contributed by atoms with Crippen LogP contribution in [0.1, 0.15) is 16.8 Å². The summed E-state index contributed by atoms with van der Waals surface area (Å²) >= 11 is 0. The van der Waals surface area contributed by atoms with E-state index in [4.69, 9.17) is 0 Å². The molecule has 2 aliphatic rings. The minimum atomic E-state index is -5.45. The van der Waals surface area contributed by atoms with Gasteiger partial charge in [0.1, 0.15) is 0 Å². The summed E-state index contributed by atoms with van der Waals surface area (Å²) in [6.45, 7) is 1.73. The van der Waals surface area contributed by atoms with Crippen molar-refractivity contribution in [2.75, 3.05) is 37.7 Å². The fourth-order valence-corrected chi connectivity index (χ4v) is 5.97. The van der Waals surface area contributed by atoms with Gasteiger partial charge in [0.15, 0.2) is 9.84 Å². The maximum Gasteiger partial charge on any atom is 0.501 e. The molecule has 7 nitrogen and oxygen atoms in total. The van der Waals surface area contributed by atoms with Gasteiger partial charge in [-0.1, -0.05) is 0 Å². The lowest BCUT2D eigenvalue weighted by molar-refractivity contribution is -0.0436. The lowest BCUT2D eigenvalue weighted by atomic mass is 10.1. The molecule has 0 N–H and O–H groups in total. The van der Waals surface area contributed by atoms with E-state index in [1.807, 2.05) is 4.90 Å². The molecule has 0 aromatic heterocycles. The SMILES string of the molecule is O=C(c1ccc(S(=O)(=O)C(F)(F)F)cc1)N1CCN(C2CCS(=O)(=O)C2)CC1. The molecule has 2 aliphatic heterocycles. The molecule has 1 amide bonds. The van der Waals surface area contributed by atoms with Gasteiger partial charge in [-0.25, -0.2) is 16.8 Å². The van der Waals surface area contributed by atoms with Gasteiger partial charge in [0.05, 0.1) is 16.4 Å². The summed E-state index contributed by atoms with van der Waals surface area (Å²) in [5.41, 5.74) is -5.30. The number of amides is 1. The third kappa shape index (κ3) is 4.18. The van der Waals surface area contributed by atoms with Crippen LogP contribution in [-0.2, 0) is 19.7 Å². The number of alkyl halides is 3. The fourth-order valence-electron chi connectivity index (χ4n) is 3.45. The second-order valence-electron chi connectivity index (χ2n) is 6.86. The zero-order chi connectivity index (χ0) is 20.7. The zero-order valence-electron chi connectivity index (χ0n) is 14.7. The van der Waals surface area contributed by atoms with E-state index < -0.39 is 36.0 Å². The number of piperazine rings is 1. The molecule has 3 rings (SSSR count). The van der Waals surface area contributed by atoms with E-state index in [0.717, 1.165) is 24.3 Å². The van der Waals surface area contributed by atoms with E-state index >= 15 is 0 Å². The minimum absolute atomic E-state index is 0.0471. The number of hydrogen-bond donors (Lipinski definition) is 0. The van der Waals surface area contributed by atoms with Gasteiger partial charge in [0, 0.05) is 37.8 Å². The molecule has 2 saturated heterocycles. The highest BCUT2D eigenvalue weighted by atomic mass is 32.2. The second kappa shape index (κ2) is 7.30.